The predicted octanol–water partition coefficient (Wildman–Crippen LogP) is 2.42. The summed E-state index contributed by atoms with van der Waals surface area (Å²) in [5.74, 6) is 3.43. The van der Waals surface area contributed by atoms with Gasteiger partial charge in [0.05, 0.1) is 0 Å². The molecule has 0 fully saturated rings. The van der Waals surface area contributed by atoms with Crippen molar-refractivity contribution < 1.29 is 0 Å². The molecule has 1 N–H and O–H groups in total. The summed E-state index contributed by atoms with van der Waals surface area (Å²) in [6.07, 6.45) is 8.53. The van der Waals surface area contributed by atoms with E-state index in [1.54, 1.807) is 0 Å². The van der Waals surface area contributed by atoms with Crippen molar-refractivity contribution in [2.75, 3.05) is 6.54 Å². The van der Waals surface area contributed by atoms with E-state index in [9.17, 15) is 0 Å². The Bertz CT molecular complexity index is 132. The number of hydrogen-bond acceptors (Lipinski definition) is 1. The van der Waals surface area contributed by atoms with E-state index in [2.05, 4.69) is 32.0 Å². The average Bonchev–Trinajstić information content (AvgIpc) is 2.01. The van der Waals surface area contributed by atoms with E-state index in [1.165, 1.54) is 12.8 Å². The molecule has 0 aliphatic heterocycles. The van der Waals surface area contributed by atoms with Crippen molar-refractivity contribution in [3.8, 4) is 12.3 Å². The van der Waals surface area contributed by atoms with Crippen LogP contribution in [0.3, 0.4) is 0 Å². The van der Waals surface area contributed by atoms with Crippen LogP contribution in [0.25, 0.3) is 0 Å². The van der Waals surface area contributed by atoms with Gasteiger partial charge in [0, 0.05) is 19.0 Å². The number of nitrogens with one attached hydrogen (secondary N) is 1. The van der Waals surface area contributed by atoms with Gasteiger partial charge in [-0.1, -0.05) is 13.8 Å². The second-order valence-electron chi connectivity index (χ2n) is 3.78. The summed E-state index contributed by atoms with van der Waals surface area (Å²) in [5.41, 5.74) is 0. The molecule has 0 spiro atoms. The Kier molecular flexibility index (Phi) is 6.90. The summed E-state index contributed by atoms with van der Waals surface area (Å²) in [6.45, 7) is 7.69. The smallest absolute Gasteiger partial charge is 0.0211 e. The fraction of sp³-hybridized carbons (Fsp3) is 0.818. The topological polar surface area (TPSA) is 12.0 Å². The van der Waals surface area contributed by atoms with Crippen molar-refractivity contribution in [2.45, 2.75) is 46.1 Å². The van der Waals surface area contributed by atoms with Crippen molar-refractivity contribution in [3.63, 3.8) is 0 Å². The maximum Gasteiger partial charge on any atom is 0.0211 e. The molecule has 1 atom stereocenters. The first-order valence-electron chi connectivity index (χ1n) is 4.83. The maximum absolute atomic E-state index is 5.15. The Balaban J connectivity index is 3.22. The van der Waals surface area contributed by atoms with Crippen LogP contribution in [0, 0.1) is 18.3 Å². The number of hydrogen-bond donors (Lipinski definition) is 1. The molecule has 0 bridgehead atoms. The van der Waals surface area contributed by atoms with Crippen LogP contribution < -0.4 is 5.32 Å². The third-order valence-corrected chi connectivity index (χ3v) is 1.94. The quantitative estimate of drug-likeness (QED) is 0.473. The highest BCUT2D eigenvalue weighted by atomic mass is 14.9. The summed E-state index contributed by atoms with van der Waals surface area (Å²) in [4.78, 5) is 0. The van der Waals surface area contributed by atoms with Crippen molar-refractivity contribution in [1.29, 1.82) is 0 Å². The Labute approximate surface area is 76.9 Å². The minimum Gasteiger partial charge on any atom is -0.313 e. The molecule has 0 aromatic carbocycles. The highest BCUT2D eigenvalue weighted by molar-refractivity contribution is 4.84. The minimum absolute atomic E-state index is 0.612. The van der Waals surface area contributed by atoms with E-state index < -0.39 is 0 Å². The fourth-order valence-electron chi connectivity index (χ4n) is 1.08. The second-order valence-corrected chi connectivity index (χ2v) is 3.78. The summed E-state index contributed by atoms with van der Waals surface area (Å²) in [7, 11) is 0. The van der Waals surface area contributed by atoms with E-state index in [-0.39, 0.29) is 0 Å². The van der Waals surface area contributed by atoms with Crippen LogP contribution in [0.4, 0.5) is 0 Å². The molecular weight excluding hydrogens is 146 g/mol. The van der Waals surface area contributed by atoms with Gasteiger partial charge >= 0.3 is 0 Å². The third-order valence-electron chi connectivity index (χ3n) is 1.94. The van der Waals surface area contributed by atoms with Crippen LogP contribution in [0.15, 0.2) is 0 Å². The fourth-order valence-corrected chi connectivity index (χ4v) is 1.08. The number of terminal acetylenes is 1. The zero-order valence-corrected chi connectivity index (χ0v) is 8.56. The maximum atomic E-state index is 5.15. The molecule has 0 heterocycles. The van der Waals surface area contributed by atoms with Crippen LogP contribution >= 0.6 is 0 Å². The van der Waals surface area contributed by atoms with Gasteiger partial charge in [0.15, 0.2) is 0 Å². The molecule has 0 rings (SSSR count). The first-order valence-corrected chi connectivity index (χ1v) is 4.83. The molecule has 0 aromatic heterocycles. The lowest BCUT2D eigenvalue weighted by Crippen LogP contribution is -2.27. The summed E-state index contributed by atoms with van der Waals surface area (Å²) >= 11 is 0. The highest BCUT2D eigenvalue weighted by Gasteiger charge is 2.01. The van der Waals surface area contributed by atoms with Crippen LogP contribution in [-0.4, -0.2) is 12.6 Å². The molecular formula is C11H21N. The molecule has 1 nitrogen and oxygen atoms in total. The van der Waals surface area contributed by atoms with E-state index in [4.69, 9.17) is 6.42 Å². The van der Waals surface area contributed by atoms with Crippen molar-refractivity contribution in [1.82, 2.24) is 5.32 Å². The zero-order valence-electron chi connectivity index (χ0n) is 8.56. The standard InChI is InChI=1S/C11H21N/c1-5-6-9-12-11(4)8-7-10(2)3/h1,10-12H,6-9H2,2-4H3. The van der Waals surface area contributed by atoms with Gasteiger partial charge in [-0.3, -0.25) is 0 Å². The lowest BCUT2D eigenvalue weighted by molar-refractivity contribution is 0.455. The van der Waals surface area contributed by atoms with Crippen molar-refractivity contribution in [2.24, 2.45) is 5.92 Å². The average molecular weight is 167 g/mol. The molecule has 0 radical (unpaired) electrons. The van der Waals surface area contributed by atoms with Gasteiger partial charge in [-0.05, 0) is 25.7 Å². The normalized spacial score (nSPS) is 12.9. The van der Waals surface area contributed by atoms with Gasteiger partial charge in [-0.15, -0.1) is 12.3 Å². The van der Waals surface area contributed by atoms with E-state index in [1.807, 2.05) is 0 Å². The van der Waals surface area contributed by atoms with Crippen molar-refractivity contribution in [3.05, 3.63) is 0 Å². The van der Waals surface area contributed by atoms with Crippen LogP contribution in [-0.2, 0) is 0 Å². The third kappa shape index (κ3) is 7.63. The SMILES string of the molecule is C#CCCNC(C)CCC(C)C. The summed E-state index contributed by atoms with van der Waals surface area (Å²) in [5, 5.41) is 3.40. The molecule has 0 saturated heterocycles. The van der Waals surface area contributed by atoms with Gasteiger partial charge in [0.2, 0.25) is 0 Å². The van der Waals surface area contributed by atoms with Crippen LogP contribution in [0.2, 0.25) is 0 Å². The predicted molar refractivity (Wildman–Crippen MR) is 55.0 cm³/mol. The zero-order chi connectivity index (χ0) is 9.40. The van der Waals surface area contributed by atoms with Gasteiger partial charge in [0.1, 0.15) is 0 Å². The largest absolute Gasteiger partial charge is 0.313 e. The monoisotopic (exact) mass is 167 g/mol. The van der Waals surface area contributed by atoms with E-state index in [0.29, 0.717) is 6.04 Å². The van der Waals surface area contributed by atoms with E-state index >= 15 is 0 Å². The molecule has 0 aliphatic rings. The molecule has 1 heteroatoms. The Morgan fingerprint density at radius 1 is 1.25 bits per heavy atom. The summed E-state index contributed by atoms with van der Waals surface area (Å²) < 4.78 is 0. The molecule has 0 saturated carbocycles. The van der Waals surface area contributed by atoms with Gasteiger partial charge in [-0.25, -0.2) is 0 Å². The first-order chi connectivity index (χ1) is 5.66. The lowest BCUT2D eigenvalue weighted by atomic mass is 10.0. The van der Waals surface area contributed by atoms with Gasteiger partial charge in [-0.2, -0.15) is 0 Å². The Hall–Kier alpha value is -0.480. The molecule has 0 aromatic rings. The van der Waals surface area contributed by atoms with E-state index in [0.717, 1.165) is 18.9 Å². The Morgan fingerprint density at radius 3 is 2.42 bits per heavy atom. The molecule has 70 valence electrons. The number of rotatable bonds is 6. The lowest BCUT2D eigenvalue weighted by Gasteiger charge is -2.13. The molecule has 12 heavy (non-hydrogen) atoms. The second kappa shape index (κ2) is 7.18. The van der Waals surface area contributed by atoms with Gasteiger partial charge in [0.25, 0.3) is 0 Å². The van der Waals surface area contributed by atoms with Crippen LogP contribution in [0.5, 0.6) is 0 Å². The first kappa shape index (κ1) is 11.5. The Morgan fingerprint density at radius 2 is 1.92 bits per heavy atom. The minimum atomic E-state index is 0.612. The van der Waals surface area contributed by atoms with Crippen molar-refractivity contribution >= 4 is 0 Å². The molecule has 1 unspecified atom stereocenters. The summed E-state index contributed by atoms with van der Waals surface area (Å²) in [6, 6.07) is 0.612. The molecule has 0 amide bonds. The highest BCUT2D eigenvalue weighted by Crippen LogP contribution is 2.05. The molecule has 0 aliphatic carbocycles. The van der Waals surface area contributed by atoms with Gasteiger partial charge < -0.3 is 5.32 Å². The van der Waals surface area contributed by atoms with Crippen LogP contribution in [0.1, 0.15) is 40.0 Å².